The number of aliphatic hydroxyl groups excluding tert-OH is 1. The van der Waals surface area contributed by atoms with E-state index in [2.05, 4.69) is 6.92 Å². The van der Waals surface area contributed by atoms with Crippen molar-refractivity contribution in [3.05, 3.63) is 11.6 Å². The molecule has 6 nitrogen and oxygen atoms in total. The van der Waals surface area contributed by atoms with Crippen molar-refractivity contribution in [3.63, 3.8) is 0 Å². The highest BCUT2D eigenvalue weighted by atomic mass is 16.7. The minimum Gasteiger partial charge on any atom is -0.459 e. The molecular formula is C19H24O6. The molecule has 3 heterocycles. The molecule has 4 fully saturated rings. The number of epoxide rings is 1. The van der Waals surface area contributed by atoms with Gasteiger partial charge in [0.15, 0.2) is 5.60 Å². The molecule has 5 rings (SSSR count). The Labute approximate surface area is 146 Å². The van der Waals surface area contributed by atoms with E-state index in [1.165, 1.54) is 0 Å². The van der Waals surface area contributed by atoms with E-state index in [1.807, 2.05) is 13.8 Å². The Kier molecular flexibility index (Phi) is 2.71. The fourth-order valence-corrected chi connectivity index (χ4v) is 6.39. The molecule has 1 N–H and O–H groups in total. The second-order valence-corrected chi connectivity index (χ2v) is 9.09. The van der Waals surface area contributed by atoms with Crippen molar-refractivity contribution in [2.45, 2.75) is 70.6 Å². The van der Waals surface area contributed by atoms with Gasteiger partial charge in [-0.25, -0.2) is 4.79 Å². The number of aliphatic hydroxyl groups is 1. The van der Waals surface area contributed by atoms with Gasteiger partial charge >= 0.3 is 11.9 Å². The van der Waals surface area contributed by atoms with Crippen molar-refractivity contribution in [1.82, 2.24) is 0 Å². The van der Waals surface area contributed by atoms with Gasteiger partial charge in [0.05, 0.1) is 11.5 Å². The lowest BCUT2D eigenvalue weighted by Crippen LogP contribution is -2.63. The summed E-state index contributed by atoms with van der Waals surface area (Å²) >= 11 is 0. The monoisotopic (exact) mass is 348 g/mol. The van der Waals surface area contributed by atoms with Crippen LogP contribution in [-0.4, -0.2) is 47.1 Å². The third-order valence-corrected chi connectivity index (χ3v) is 7.53. The van der Waals surface area contributed by atoms with Crippen LogP contribution in [0.4, 0.5) is 0 Å². The predicted octanol–water partition coefficient (Wildman–Crippen LogP) is 1.35. The largest absolute Gasteiger partial charge is 0.459 e. The van der Waals surface area contributed by atoms with Crippen LogP contribution in [0.5, 0.6) is 0 Å². The summed E-state index contributed by atoms with van der Waals surface area (Å²) in [4.78, 5) is 25.0. The fraction of sp³-hybridized carbons (Fsp3) is 0.789. The van der Waals surface area contributed by atoms with Crippen LogP contribution in [0.25, 0.3) is 0 Å². The molecule has 1 unspecified atom stereocenters. The highest BCUT2D eigenvalue weighted by molar-refractivity contribution is 5.87. The maximum absolute atomic E-state index is 12.7. The summed E-state index contributed by atoms with van der Waals surface area (Å²) in [6, 6.07) is 0. The van der Waals surface area contributed by atoms with Gasteiger partial charge in [-0.05, 0) is 36.7 Å². The predicted molar refractivity (Wildman–Crippen MR) is 85.2 cm³/mol. The van der Waals surface area contributed by atoms with Gasteiger partial charge in [-0.3, -0.25) is 4.79 Å². The first-order chi connectivity index (χ1) is 11.7. The van der Waals surface area contributed by atoms with Crippen molar-refractivity contribution in [2.24, 2.45) is 22.7 Å². The van der Waals surface area contributed by atoms with E-state index in [9.17, 15) is 14.7 Å². The number of cyclic esters (lactones) is 1. The van der Waals surface area contributed by atoms with Gasteiger partial charge in [0.2, 0.25) is 0 Å². The van der Waals surface area contributed by atoms with Gasteiger partial charge in [-0.1, -0.05) is 20.8 Å². The average molecular weight is 348 g/mol. The number of hydrogen-bond acceptors (Lipinski definition) is 6. The lowest BCUT2D eigenvalue weighted by atomic mass is 9.46. The second-order valence-electron chi connectivity index (χ2n) is 9.09. The molecule has 136 valence electrons. The SMILES string of the molecule is CC(C)[C@H]1OC(=O)C=C2[C@@]13O[C@@H]3[C@H]1OC(=O)[C@]3(C)C1[C@]2(C)CC[C@@H]3O. The zero-order valence-electron chi connectivity index (χ0n) is 14.9. The molecule has 0 amide bonds. The summed E-state index contributed by atoms with van der Waals surface area (Å²) in [6.45, 7) is 7.92. The molecule has 0 radical (unpaired) electrons. The molecule has 3 aliphatic heterocycles. The first kappa shape index (κ1) is 15.8. The van der Waals surface area contributed by atoms with Crippen molar-refractivity contribution >= 4 is 11.9 Å². The number of fused-ring (bicyclic) bond motifs is 2. The lowest BCUT2D eigenvalue weighted by molar-refractivity contribution is -0.157. The lowest BCUT2D eigenvalue weighted by Gasteiger charge is -2.55. The summed E-state index contributed by atoms with van der Waals surface area (Å²) in [5.74, 6) is -0.789. The van der Waals surface area contributed by atoms with E-state index in [-0.39, 0.29) is 36.0 Å². The first-order valence-corrected chi connectivity index (χ1v) is 9.17. The molecule has 1 spiro atoms. The molecule has 0 bridgehead atoms. The van der Waals surface area contributed by atoms with Crippen molar-refractivity contribution in [3.8, 4) is 0 Å². The Morgan fingerprint density at radius 1 is 1.24 bits per heavy atom. The molecule has 5 aliphatic rings. The van der Waals surface area contributed by atoms with Gasteiger partial charge < -0.3 is 19.3 Å². The standard InChI is InChI=1S/C19H24O6/c1-8(2)14-19-9(7-11(21)23-14)17(3)6-5-10(20)18(4)13(17)12(15(19)25-19)24-16(18)22/h7-8,10,12-15,20H,5-6H2,1-4H3/t10-,12-,13?,14+,15+,17+,18-,19+/m0/s1. The molecule has 0 aromatic heterocycles. The molecule has 2 aliphatic carbocycles. The van der Waals surface area contributed by atoms with Crippen molar-refractivity contribution in [1.29, 1.82) is 0 Å². The topological polar surface area (TPSA) is 85.4 Å². The van der Waals surface area contributed by atoms with Crippen LogP contribution in [0, 0.1) is 22.7 Å². The van der Waals surface area contributed by atoms with Crippen LogP contribution in [0.2, 0.25) is 0 Å². The van der Waals surface area contributed by atoms with Gasteiger partial charge in [-0.2, -0.15) is 0 Å². The summed E-state index contributed by atoms with van der Waals surface area (Å²) in [5.41, 5.74) is -1.11. The molecule has 2 saturated heterocycles. The normalized spacial score (nSPS) is 55.6. The Balaban J connectivity index is 1.72. The molecule has 0 aromatic carbocycles. The van der Waals surface area contributed by atoms with Gasteiger partial charge in [0.1, 0.15) is 18.3 Å². The van der Waals surface area contributed by atoms with Crippen LogP contribution in [0.1, 0.15) is 40.5 Å². The number of carbonyl (C=O) groups excluding carboxylic acids is 2. The smallest absolute Gasteiger partial charge is 0.331 e. The molecule has 2 saturated carbocycles. The van der Waals surface area contributed by atoms with Crippen LogP contribution >= 0.6 is 0 Å². The van der Waals surface area contributed by atoms with E-state index in [0.717, 1.165) is 5.57 Å². The van der Waals surface area contributed by atoms with E-state index in [4.69, 9.17) is 14.2 Å². The van der Waals surface area contributed by atoms with Crippen LogP contribution in [-0.2, 0) is 23.8 Å². The molecule has 6 heteroatoms. The Bertz CT molecular complexity index is 727. The van der Waals surface area contributed by atoms with Gasteiger partial charge in [0.25, 0.3) is 0 Å². The third kappa shape index (κ3) is 1.51. The zero-order valence-corrected chi connectivity index (χ0v) is 14.9. The average Bonchev–Trinajstić information content (AvgIpc) is 3.20. The van der Waals surface area contributed by atoms with E-state index >= 15 is 0 Å². The van der Waals surface area contributed by atoms with Crippen molar-refractivity contribution in [2.75, 3.05) is 0 Å². The zero-order chi connectivity index (χ0) is 17.9. The van der Waals surface area contributed by atoms with Gasteiger partial charge in [0, 0.05) is 12.0 Å². The number of ether oxygens (including phenoxy) is 3. The number of rotatable bonds is 1. The number of carbonyl (C=O) groups is 2. The van der Waals surface area contributed by atoms with Crippen molar-refractivity contribution < 1.29 is 28.9 Å². The van der Waals surface area contributed by atoms with E-state index in [0.29, 0.717) is 12.8 Å². The maximum atomic E-state index is 12.7. The van der Waals surface area contributed by atoms with Crippen LogP contribution < -0.4 is 0 Å². The Hall–Kier alpha value is -1.40. The highest BCUT2D eigenvalue weighted by Crippen LogP contribution is 2.72. The minimum absolute atomic E-state index is 0.0930. The fourth-order valence-electron chi connectivity index (χ4n) is 6.39. The third-order valence-electron chi connectivity index (χ3n) is 7.53. The Morgan fingerprint density at radius 2 is 1.96 bits per heavy atom. The summed E-state index contributed by atoms with van der Waals surface area (Å²) in [5, 5.41) is 10.6. The summed E-state index contributed by atoms with van der Waals surface area (Å²) in [6.07, 6.45) is 0.983. The highest BCUT2D eigenvalue weighted by Gasteiger charge is 2.83. The van der Waals surface area contributed by atoms with Crippen LogP contribution in [0.3, 0.4) is 0 Å². The maximum Gasteiger partial charge on any atom is 0.331 e. The van der Waals surface area contributed by atoms with E-state index < -0.39 is 28.6 Å². The van der Waals surface area contributed by atoms with E-state index in [1.54, 1.807) is 13.0 Å². The Morgan fingerprint density at radius 3 is 2.64 bits per heavy atom. The first-order valence-electron chi connectivity index (χ1n) is 9.17. The second kappa shape index (κ2) is 4.29. The number of esters is 2. The summed E-state index contributed by atoms with van der Waals surface area (Å²) in [7, 11) is 0. The molecule has 0 aromatic rings. The van der Waals surface area contributed by atoms with Gasteiger partial charge in [-0.15, -0.1) is 0 Å². The molecular weight excluding hydrogens is 324 g/mol. The van der Waals surface area contributed by atoms with Crippen LogP contribution in [0.15, 0.2) is 11.6 Å². The summed E-state index contributed by atoms with van der Waals surface area (Å²) < 4.78 is 17.6. The molecule has 8 atom stereocenters. The minimum atomic E-state index is -0.953. The molecule has 25 heavy (non-hydrogen) atoms. The number of hydrogen-bond donors (Lipinski definition) is 1. The quantitative estimate of drug-likeness (QED) is 0.569.